The van der Waals surface area contributed by atoms with E-state index in [-0.39, 0.29) is 17.9 Å². The quantitative estimate of drug-likeness (QED) is 0.834. The van der Waals surface area contributed by atoms with Crippen molar-refractivity contribution in [2.75, 3.05) is 13.1 Å². The summed E-state index contributed by atoms with van der Waals surface area (Å²) in [5.74, 6) is 0.0736. The van der Waals surface area contributed by atoms with Gasteiger partial charge in [-0.05, 0) is 24.5 Å². The molecule has 0 aliphatic carbocycles. The molecule has 0 saturated carbocycles. The number of carbonyl (C=O) groups is 1. The maximum Gasteiger partial charge on any atom is 0.255 e. The number of likely N-dealkylation sites (tertiary alicyclic amines) is 1. The average molecular weight is 254 g/mol. The molecular weight excluding hydrogens is 238 g/mol. The first kappa shape index (κ1) is 12.4. The Bertz CT molecular complexity index is 422. The van der Waals surface area contributed by atoms with Crippen molar-refractivity contribution in [2.45, 2.75) is 19.4 Å². The number of amides is 1. The topological polar surface area (TPSA) is 40.5 Å². The molecule has 1 N–H and O–H groups in total. The lowest BCUT2D eigenvalue weighted by Crippen LogP contribution is -2.45. The number of piperidine rings is 1. The summed E-state index contributed by atoms with van der Waals surface area (Å²) >= 11 is 6.01. The summed E-state index contributed by atoms with van der Waals surface area (Å²) < 4.78 is 0. The van der Waals surface area contributed by atoms with Crippen molar-refractivity contribution in [2.24, 2.45) is 5.92 Å². The molecule has 1 saturated heterocycles. The van der Waals surface area contributed by atoms with E-state index in [2.05, 4.69) is 0 Å². The van der Waals surface area contributed by atoms with Crippen LogP contribution in [0, 0.1) is 5.92 Å². The number of nitrogens with zero attached hydrogens (tertiary/aromatic N) is 1. The van der Waals surface area contributed by atoms with Gasteiger partial charge in [-0.15, -0.1) is 0 Å². The van der Waals surface area contributed by atoms with Crippen LogP contribution in [-0.4, -0.2) is 35.1 Å². The van der Waals surface area contributed by atoms with Gasteiger partial charge >= 0.3 is 0 Å². The smallest absolute Gasteiger partial charge is 0.255 e. The molecule has 3 nitrogen and oxygen atoms in total. The molecule has 0 spiro atoms. The number of aliphatic hydroxyl groups excluding tert-OH is 1. The minimum atomic E-state index is -0.301. The molecule has 2 rings (SSSR count). The fourth-order valence-electron chi connectivity index (χ4n) is 2.12. The second-order valence-electron chi connectivity index (χ2n) is 4.56. The maximum atomic E-state index is 12.2. The summed E-state index contributed by atoms with van der Waals surface area (Å²) in [6.45, 7) is 3.14. The summed E-state index contributed by atoms with van der Waals surface area (Å²) in [6, 6.07) is 7.07. The summed E-state index contributed by atoms with van der Waals surface area (Å²) in [4.78, 5) is 14.0. The molecule has 1 aliphatic rings. The molecule has 0 aromatic heterocycles. The average Bonchev–Trinajstić information content (AvgIpc) is 2.32. The van der Waals surface area contributed by atoms with Crippen LogP contribution >= 0.6 is 11.6 Å². The summed E-state index contributed by atoms with van der Waals surface area (Å²) in [5, 5.41) is 10.1. The van der Waals surface area contributed by atoms with Crippen molar-refractivity contribution < 1.29 is 9.90 Å². The number of benzene rings is 1. The molecule has 1 aromatic rings. The standard InChI is InChI=1S/C13H16ClNO2/c1-9-8-15(7-6-12(9)16)13(17)10-4-2-3-5-11(10)14/h2-5,9,12,16H,6-8H2,1H3. The van der Waals surface area contributed by atoms with Gasteiger partial charge < -0.3 is 10.0 Å². The highest BCUT2D eigenvalue weighted by atomic mass is 35.5. The van der Waals surface area contributed by atoms with Crippen LogP contribution in [0.25, 0.3) is 0 Å². The largest absolute Gasteiger partial charge is 0.393 e. The Morgan fingerprint density at radius 3 is 2.82 bits per heavy atom. The molecule has 92 valence electrons. The predicted octanol–water partition coefficient (Wildman–Crippen LogP) is 2.18. The molecule has 0 radical (unpaired) electrons. The second-order valence-corrected chi connectivity index (χ2v) is 4.97. The van der Waals surface area contributed by atoms with Crippen LogP contribution in [-0.2, 0) is 0 Å². The van der Waals surface area contributed by atoms with Gasteiger partial charge in [0.15, 0.2) is 0 Å². The maximum absolute atomic E-state index is 12.2. The van der Waals surface area contributed by atoms with Gasteiger partial charge in [-0.1, -0.05) is 30.7 Å². The Kier molecular flexibility index (Phi) is 3.69. The zero-order valence-electron chi connectivity index (χ0n) is 9.77. The normalized spacial score (nSPS) is 24.8. The number of rotatable bonds is 1. The van der Waals surface area contributed by atoms with Crippen LogP contribution in [0.5, 0.6) is 0 Å². The molecule has 1 amide bonds. The van der Waals surface area contributed by atoms with Crippen LogP contribution in [0.4, 0.5) is 0 Å². The van der Waals surface area contributed by atoms with Gasteiger partial charge in [0, 0.05) is 13.1 Å². The molecule has 2 unspecified atom stereocenters. The van der Waals surface area contributed by atoms with Gasteiger partial charge in [0.1, 0.15) is 0 Å². The van der Waals surface area contributed by atoms with Gasteiger partial charge in [-0.2, -0.15) is 0 Å². The molecule has 1 aliphatic heterocycles. The van der Waals surface area contributed by atoms with Gasteiger partial charge in [-0.3, -0.25) is 4.79 Å². The lowest BCUT2D eigenvalue weighted by Gasteiger charge is -2.34. The van der Waals surface area contributed by atoms with E-state index < -0.39 is 0 Å². The minimum Gasteiger partial charge on any atom is -0.393 e. The van der Waals surface area contributed by atoms with Gasteiger partial charge in [-0.25, -0.2) is 0 Å². The number of hydrogen-bond donors (Lipinski definition) is 1. The zero-order valence-corrected chi connectivity index (χ0v) is 10.5. The Balaban J connectivity index is 2.14. The van der Waals surface area contributed by atoms with Crippen molar-refractivity contribution in [3.8, 4) is 0 Å². The molecular formula is C13H16ClNO2. The fourth-order valence-corrected chi connectivity index (χ4v) is 2.34. The Labute approximate surface area is 106 Å². The first-order valence-electron chi connectivity index (χ1n) is 5.81. The first-order chi connectivity index (χ1) is 8.09. The summed E-state index contributed by atoms with van der Waals surface area (Å²) in [5.41, 5.74) is 0.540. The van der Waals surface area contributed by atoms with Crippen molar-refractivity contribution in [3.05, 3.63) is 34.9 Å². The third kappa shape index (κ3) is 2.61. The molecule has 1 fully saturated rings. The first-order valence-corrected chi connectivity index (χ1v) is 6.19. The highest BCUT2D eigenvalue weighted by Gasteiger charge is 2.28. The third-order valence-electron chi connectivity index (χ3n) is 3.25. The number of aliphatic hydroxyl groups is 1. The molecule has 1 aromatic carbocycles. The van der Waals surface area contributed by atoms with Gasteiger partial charge in [0.05, 0.1) is 16.7 Å². The van der Waals surface area contributed by atoms with Gasteiger partial charge in [0.2, 0.25) is 0 Å². The van der Waals surface area contributed by atoms with E-state index >= 15 is 0 Å². The van der Waals surface area contributed by atoms with Crippen molar-refractivity contribution in [1.29, 1.82) is 0 Å². The third-order valence-corrected chi connectivity index (χ3v) is 3.58. The number of hydrogen-bond acceptors (Lipinski definition) is 2. The summed E-state index contributed by atoms with van der Waals surface area (Å²) in [6.07, 6.45) is 0.336. The van der Waals surface area contributed by atoms with Crippen LogP contribution in [0.15, 0.2) is 24.3 Å². The van der Waals surface area contributed by atoms with Crippen LogP contribution in [0.3, 0.4) is 0 Å². The van der Waals surface area contributed by atoms with E-state index in [1.165, 1.54) is 0 Å². The van der Waals surface area contributed by atoms with E-state index in [1.807, 2.05) is 13.0 Å². The fraction of sp³-hybridized carbons (Fsp3) is 0.462. The highest BCUT2D eigenvalue weighted by molar-refractivity contribution is 6.33. The van der Waals surface area contributed by atoms with Crippen LogP contribution in [0.1, 0.15) is 23.7 Å². The lowest BCUT2D eigenvalue weighted by molar-refractivity contribution is 0.0298. The minimum absolute atomic E-state index is 0.0469. The van der Waals surface area contributed by atoms with Crippen molar-refractivity contribution >= 4 is 17.5 Å². The number of carbonyl (C=O) groups excluding carboxylic acids is 1. The van der Waals surface area contributed by atoms with Crippen molar-refractivity contribution in [3.63, 3.8) is 0 Å². The Morgan fingerprint density at radius 1 is 1.47 bits per heavy atom. The van der Waals surface area contributed by atoms with E-state index in [4.69, 9.17) is 11.6 Å². The molecule has 17 heavy (non-hydrogen) atoms. The lowest BCUT2D eigenvalue weighted by atomic mass is 9.96. The zero-order chi connectivity index (χ0) is 12.4. The highest BCUT2D eigenvalue weighted by Crippen LogP contribution is 2.22. The summed E-state index contributed by atoms with van der Waals surface area (Å²) in [7, 11) is 0. The molecule has 1 heterocycles. The second kappa shape index (κ2) is 5.07. The monoisotopic (exact) mass is 253 g/mol. The van der Waals surface area contributed by atoms with Crippen LogP contribution < -0.4 is 0 Å². The van der Waals surface area contributed by atoms with E-state index in [1.54, 1.807) is 23.1 Å². The Morgan fingerprint density at radius 2 is 2.18 bits per heavy atom. The van der Waals surface area contributed by atoms with Gasteiger partial charge in [0.25, 0.3) is 5.91 Å². The van der Waals surface area contributed by atoms with Crippen molar-refractivity contribution in [1.82, 2.24) is 4.90 Å². The number of halogens is 1. The predicted molar refractivity (Wildman–Crippen MR) is 67.1 cm³/mol. The Hall–Kier alpha value is -1.06. The molecule has 4 heteroatoms. The molecule has 2 atom stereocenters. The SMILES string of the molecule is CC1CN(C(=O)c2ccccc2Cl)CCC1O. The van der Waals surface area contributed by atoms with E-state index in [0.29, 0.717) is 30.1 Å². The van der Waals surface area contributed by atoms with E-state index in [9.17, 15) is 9.90 Å². The van der Waals surface area contributed by atoms with E-state index in [0.717, 1.165) is 0 Å². The molecule has 0 bridgehead atoms. The van der Waals surface area contributed by atoms with Crippen LogP contribution in [0.2, 0.25) is 5.02 Å².